The summed E-state index contributed by atoms with van der Waals surface area (Å²) in [6, 6.07) is 15.4. The lowest BCUT2D eigenvalue weighted by Crippen LogP contribution is -2.60. The van der Waals surface area contributed by atoms with Crippen LogP contribution in [-0.4, -0.2) is 86.2 Å². The Morgan fingerprint density at radius 1 is 1.00 bits per heavy atom. The Kier molecular flexibility index (Phi) is 9.65. The van der Waals surface area contributed by atoms with E-state index in [9.17, 15) is 4.79 Å². The summed E-state index contributed by atoms with van der Waals surface area (Å²) in [5.41, 5.74) is 3.58. The number of hydrogen-bond donors (Lipinski definition) is 0. The van der Waals surface area contributed by atoms with Gasteiger partial charge in [-0.1, -0.05) is 17.7 Å². The Bertz CT molecular complexity index is 1200. The molecule has 1 aliphatic rings. The molecular formula is C28H36N4O7. The molecule has 11 heteroatoms. The third-order valence-corrected chi connectivity index (χ3v) is 6.63. The summed E-state index contributed by atoms with van der Waals surface area (Å²) in [6.45, 7) is 6.14. The van der Waals surface area contributed by atoms with Crippen molar-refractivity contribution in [1.82, 2.24) is 14.8 Å². The second-order valence-electron chi connectivity index (χ2n) is 9.17. The number of rotatable bonds is 10. The van der Waals surface area contributed by atoms with Crippen LogP contribution >= 0.6 is 0 Å². The van der Waals surface area contributed by atoms with Crippen molar-refractivity contribution in [3.05, 3.63) is 60.4 Å². The normalized spacial score (nSPS) is 23.0. The van der Waals surface area contributed by atoms with Crippen molar-refractivity contribution in [1.29, 1.82) is 0 Å². The molecule has 2 aromatic carbocycles. The molecule has 1 aromatic heterocycles. The minimum Gasteiger partial charge on any atom is -0.416 e. The lowest BCUT2D eigenvalue weighted by atomic mass is 9.99. The quantitative estimate of drug-likeness (QED) is 0.353. The van der Waals surface area contributed by atoms with E-state index in [1.807, 2.05) is 69.3 Å². The van der Waals surface area contributed by atoms with E-state index in [1.54, 1.807) is 18.1 Å². The van der Waals surface area contributed by atoms with Crippen molar-refractivity contribution < 1.29 is 33.2 Å². The molecule has 0 bridgehead atoms. The van der Waals surface area contributed by atoms with Crippen LogP contribution in [0.5, 0.6) is 0 Å². The summed E-state index contributed by atoms with van der Waals surface area (Å²) in [4.78, 5) is 19.2. The van der Waals surface area contributed by atoms with Crippen LogP contribution in [-0.2, 0) is 28.4 Å². The fraction of sp³-hybridized carbons (Fsp3) is 0.464. The van der Waals surface area contributed by atoms with Gasteiger partial charge in [-0.3, -0.25) is 4.90 Å². The van der Waals surface area contributed by atoms with E-state index in [0.29, 0.717) is 18.1 Å². The van der Waals surface area contributed by atoms with E-state index in [0.717, 1.165) is 11.3 Å². The van der Waals surface area contributed by atoms with E-state index in [4.69, 9.17) is 28.4 Å². The van der Waals surface area contributed by atoms with Gasteiger partial charge < -0.3 is 28.4 Å². The van der Waals surface area contributed by atoms with Crippen LogP contribution in [0.15, 0.2) is 54.9 Å². The molecule has 210 valence electrons. The number of aryl methyl sites for hydroxylation is 1. The fourth-order valence-corrected chi connectivity index (χ4v) is 4.57. The number of aromatic nitrogens is 3. The minimum atomic E-state index is -1.01. The van der Waals surface area contributed by atoms with Gasteiger partial charge in [0, 0.05) is 39.1 Å². The molecule has 1 fully saturated rings. The van der Waals surface area contributed by atoms with Gasteiger partial charge in [-0.25, -0.2) is 14.5 Å². The third-order valence-electron chi connectivity index (χ3n) is 6.63. The molecular weight excluding hydrogens is 504 g/mol. The molecule has 39 heavy (non-hydrogen) atoms. The summed E-state index contributed by atoms with van der Waals surface area (Å²) >= 11 is 0. The summed E-state index contributed by atoms with van der Waals surface area (Å²) in [5.74, 6) is 0.579. The zero-order chi connectivity index (χ0) is 27.9. The van der Waals surface area contributed by atoms with Gasteiger partial charge in [0.15, 0.2) is 5.82 Å². The van der Waals surface area contributed by atoms with Crippen LogP contribution in [0.25, 0.3) is 17.1 Å². The number of anilines is 1. The van der Waals surface area contributed by atoms with Gasteiger partial charge in [-0.15, -0.1) is 5.10 Å². The lowest BCUT2D eigenvalue weighted by molar-refractivity contribution is -0.301. The predicted molar refractivity (Wildman–Crippen MR) is 144 cm³/mol. The number of benzene rings is 2. The van der Waals surface area contributed by atoms with Crippen molar-refractivity contribution >= 4 is 11.8 Å². The van der Waals surface area contributed by atoms with Gasteiger partial charge in [-0.2, -0.15) is 0 Å². The molecule has 2 heterocycles. The highest BCUT2D eigenvalue weighted by atomic mass is 16.7. The third kappa shape index (κ3) is 6.45. The highest BCUT2D eigenvalue weighted by Crippen LogP contribution is 2.29. The Hall–Kier alpha value is -3.35. The van der Waals surface area contributed by atoms with Crippen molar-refractivity contribution in [2.75, 3.05) is 39.6 Å². The van der Waals surface area contributed by atoms with Gasteiger partial charge in [-0.05, 0) is 57.2 Å². The molecule has 0 N–H and O–H groups in total. The van der Waals surface area contributed by atoms with Gasteiger partial charge in [0.05, 0.1) is 11.8 Å². The van der Waals surface area contributed by atoms with E-state index in [2.05, 4.69) is 10.1 Å². The van der Waals surface area contributed by atoms with Crippen molar-refractivity contribution in [2.24, 2.45) is 0 Å². The number of hydrogen-bond acceptors (Lipinski definition) is 9. The van der Waals surface area contributed by atoms with Crippen LogP contribution in [0, 0.1) is 6.92 Å². The maximum Gasteiger partial charge on any atom is 0.416 e. The Morgan fingerprint density at radius 3 is 2.31 bits per heavy atom. The number of nitrogens with zero attached hydrogens (tertiary/aromatic N) is 4. The number of carbonyl (C=O) groups is 1. The minimum absolute atomic E-state index is 0.0311. The number of ether oxygens (including phenoxy) is 6. The van der Waals surface area contributed by atoms with Gasteiger partial charge in [0.2, 0.25) is 6.29 Å². The zero-order valence-corrected chi connectivity index (χ0v) is 23.1. The first-order valence-electron chi connectivity index (χ1n) is 12.8. The van der Waals surface area contributed by atoms with Gasteiger partial charge in [0.1, 0.15) is 31.4 Å². The lowest BCUT2D eigenvalue weighted by Gasteiger charge is -2.43. The standard InChI is InChI=1S/C28H36N4O7/c1-7-31(28(33)39-27-25(36-6)24(37-17-34-4)23(35-5)19(3)38-27)21-14-10-20(11-15-21)26-29-16-32(30-26)22-12-8-18(2)9-13-22/h8-16,19,23-25,27H,7,17H2,1-6H3/t19-,23-,24+,25+,27-/m0/s1. The maximum atomic E-state index is 13.3. The Balaban J connectivity index is 1.47. The SMILES string of the molecule is CCN(C(=O)O[C@@H]1O[C@@H](C)[C@H](OC)[C@@H](OCOC)[C@H]1OC)c1ccc(-c2ncn(-c3ccc(C)cc3)n2)cc1. The monoisotopic (exact) mass is 540 g/mol. The van der Waals surface area contributed by atoms with E-state index >= 15 is 0 Å². The molecule has 3 aromatic rings. The Labute approximate surface area is 228 Å². The topological polar surface area (TPSA) is 106 Å². The first-order valence-corrected chi connectivity index (χ1v) is 12.8. The summed E-state index contributed by atoms with van der Waals surface area (Å²) in [5, 5.41) is 4.59. The van der Waals surface area contributed by atoms with Gasteiger partial charge >= 0.3 is 6.09 Å². The first kappa shape index (κ1) is 28.7. The molecule has 1 aliphatic heterocycles. The van der Waals surface area contributed by atoms with Crippen LogP contribution in [0.4, 0.5) is 10.5 Å². The molecule has 0 spiro atoms. The van der Waals surface area contributed by atoms with Crippen molar-refractivity contribution in [2.45, 2.75) is 51.5 Å². The second-order valence-corrected chi connectivity index (χ2v) is 9.17. The Morgan fingerprint density at radius 2 is 1.69 bits per heavy atom. The maximum absolute atomic E-state index is 13.3. The first-order chi connectivity index (χ1) is 18.9. The molecule has 1 amide bonds. The number of amides is 1. The predicted octanol–water partition coefficient (Wildman–Crippen LogP) is 3.97. The molecule has 11 nitrogen and oxygen atoms in total. The molecule has 0 unspecified atom stereocenters. The molecule has 0 saturated carbocycles. The average molecular weight is 541 g/mol. The van der Waals surface area contributed by atoms with E-state index in [1.165, 1.54) is 24.7 Å². The van der Waals surface area contributed by atoms with Crippen LogP contribution in [0.2, 0.25) is 0 Å². The largest absolute Gasteiger partial charge is 0.416 e. The molecule has 5 atom stereocenters. The second kappa shape index (κ2) is 13.1. The summed E-state index contributed by atoms with van der Waals surface area (Å²) in [7, 11) is 4.60. The number of carbonyl (C=O) groups excluding carboxylic acids is 1. The average Bonchev–Trinajstić information content (AvgIpc) is 3.43. The van der Waals surface area contributed by atoms with Crippen molar-refractivity contribution in [3.63, 3.8) is 0 Å². The fourth-order valence-electron chi connectivity index (χ4n) is 4.57. The van der Waals surface area contributed by atoms with Gasteiger partial charge in [0.25, 0.3) is 0 Å². The highest BCUT2D eigenvalue weighted by Gasteiger charge is 2.48. The smallest absolute Gasteiger partial charge is 0.416 e. The summed E-state index contributed by atoms with van der Waals surface area (Å²) < 4.78 is 35.5. The van der Waals surface area contributed by atoms with Crippen LogP contribution in [0.3, 0.4) is 0 Å². The number of methoxy groups -OCH3 is 3. The van der Waals surface area contributed by atoms with Crippen LogP contribution in [0.1, 0.15) is 19.4 Å². The zero-order valence-electron chi connectivity index (χ0n) is 23.1. The summed E-state index contributed by atoms with van der Waals surface area (Å²) in [6.07, 6.45) is -2.04. The highest BCUT2D eigenvalue weighted by molar-refractivity contribution is 5.88. The molecule has 0 aliphatic carbocycles. The van der Waals surface area contributed by atoms with Crippen LogP contribution < -0.4 is 4.90 Å². The molecule has 4 rings (SSSR count). The van der Waals surface area contributed by atoms with Crippen molar-refractivity contribution in [3.8, 4) is 17.1 Å². The van der Waals surface area contributed by atoms with E-state index in [-0.39, 0.29) is 6.79 Å². The molecule has 1 saturated heterocycles. The van der Waals surface area contributed by atoms with E-state index < -0.39 is 36.8 Å². The molecule has 0 radical (unpaired) electrons.